The Bertz CT molecular complexity index is 1390. The third kappa shape index (κ3) is 4.08. The van der Waals surface area contributed by atoms with Gasteiger partial charge in [0.2, 0.25) is 0 Å². The maximum atomic E-state index is 13.6. The fraction of sp³-hybridized carbons (Fsp3) is 0.208. The highest BCUT2D eigenvalue weighted by atomic mass is 79.9. The van der Waals surface area contributed by atoms with Gasteiger partial charge in [0.05, 0.1) is 35.6 Å². The Morgan fingerprint density at radius 2 is 2.00 bits per heavy atom. The van der Waals surface area contributed by atoms with Crippen LogP contribution >= 0.6 is 27.3 Å². The number of fused-ring (bicyclic) bond motifs is 1. The summed E-state index contributed by atoms with van der Waals surface area (Å²) in [4.78, 5) is 31.6. The molecule has 6 nitrogen and oxygen atoms in total. The molecule has 2 heterocycles. The topological polar surface area (TPSA) is 69.9 Å². The van der Waals surface area contributed by atoms with Gasteiger partial charge in [-0.15, -0.1) is 0 Å². The van der Waals surface area contributed by atoms with E-state index in [2.05, 4.69) is 20.9 Å². The normalized spacial score (nSPS) is 15.9. The van der Waals surface area contributed by atoms with Crippen molar-refractivity contribution < 1.29 is 14.3 Å². The van der Waals surface area contributed by atoms with E-state index in [0.29, 0.717) is 26.4 Å². The Hall–Kier alpha value is -2.97. The van der Waals surface area contributed by atoms with Gasteiger partial charge in [-0.05, 0) is 43.7 Å². The van der Waals surface area contributed by atoms with Gasteiger partial charge < -0.3 is 9.47 Å². The summed E-state index contributed by atoms with van der Waals surface area (Å²) < 4.78 is 13.7. The molecule has 0 radical (unpaired) electrons. The number of methoxy groups -OCH3 is 1. The maximum absolute atomic E-state index is 13.6. The third-order valence-corrected chi connectivity index (χ3v) is 6.59. The van der Waals surface area contributed by atoms with Crippen molar-refractivity contribution in [2.75, 3.05) is 13.7 Å². The molecular formula is C24H21BrN2O4S. The molecule has 0 spiro atoms. The van der Waals surface area contributed by atoms with E-state index < -0.39 is 12.0 Å². The lowest BCUT2D eigenvalue weighted by molar-refractivity contribution is -0.139. The molecule has 0 N–H and O–H groups in total. The monoisotopic (exact) mass is 512 g/mol. The Kier molecular flexibility index (Phi) is 6.43. The molecule has 0 saturated carbocycles. The summed E-state index contributed by atoms with van der Waals surface area (Å²) in [6.07, 6.45) is 1.79. The molecule has 8 heteroatoms. The highest BCUT2D eigenvalue weighted by Crippen LogP contribution is 2.30. The number of allylic oxidation sites excluding steroid dienone is 1. The van der Waals surface area contributed by atoms with Crippen molar-refractivity contribution in [3.05, 3.63) is 95.1 Å². The van der Waals surface area contributed by atoms with Crippen LogP contribution < -0.4 is 19.6 Å². The molecule has 1 aliphatic heterocycles. The van der Waals surface area contributed by atoms with Crippen molar-refractivity contribution in [2.45, 2.75) is 19.9 Å². The average molecular weight is 513 g/mol. The first-order chi connectivity index (χ1) is 15.4. The van der Waals surface area contributed by atoms with Gasteiger partial charge in [-0.3, -0.25) is 9.36 Å². The second-order valence-electron chi connectivity index (χ2n) is 7.10. The molecule has 3 aromatic rings. The van der Waals surface area contributed by atoms with Crippen LogP contribution in [0, 0.1) is 0 Å². The number of ether oxygens (including phenoxy) is 2. The Morgan fingerprint density at radius 3 is 2.69 bits per heavy atom. The molecule has 0 amide bonds. The first kappa shape index (κ1) is 22.2. The molecule has 0 saturated heterocycles. The van der Waals surface area contributed by atoms with Gasteiger partial charge in [-0.25, -0.2) is 9.79 Å². The Balaban J connectivity index is 1.97. The lowest BCUT2D eigenvalue weighted by Crippen LogP contribution is -2.39. The Morgan fingerprint density at radius 1 is 1.25 bits per heavy atom. The van der Waals surface area contributed by atoms with Crippen molar-refractivity contribution in [1.82, 2.24) is 4.57 Å². The molecule has 1 aromatic heterocycles. The highest BCUT2D eigenvalue weighted by molar-refractivity contribution is 9.10. The van der Waals surface area contributed by atoms with E-state index in [1.54, 1.807) is 31.6 Å². The molecule has 4 rings (SSSR count). The zero-order valence-corrected chi connectivity index (χ0v) is 20.2. The number of thiazole rings is 1. The average Bonchev–Trinajstić information content (AvgIpc) is 3.08. The predicted octanol–water partition coefficient (Wildman–Crippen LogP) is 3.57. The number of benzene rings is 2. The smallest absolute Gasteiger partial charge is 0.338 e. The minimum atomic E-state index is -0.613. The SMILES string of the molecule is CCOC(=O)C1=C(C)N=c2s/c(=C/c3cc(Br)ccc3OC)c(=O)n2[C@@H]1c1ccccc1. The minimum Gasteiger partial charge on any atom is -0.496 e. The van der Waals surface area contributed by atoms with E-state index in [9.17, 15) is 9.59 Å². The second-order valence-corrected chi connectivity index (χ2v) is 9.02. The lowest BCUT2D eigenvalue weighted by atomic mass is 9.96. The molecule has 0 fully saturated rings. The van der Waals surface area contributed by atoms with E-state index in [1.165, 1.54) is 11.3 Å². The van der Waals surface area contributed by atoms with E-state index in [4.69, 9.17) is 9.47 Å². The number of rotatable bonds is 5. The summed E-state index contributed by atoms with van der Waals surface area (Å²) in [5.74, 6) is 0.188. The summed E-state index contributed by atoms with van der Waals surface area (Å²) in [6.45, 7) is 3.77. The van der Waals surface area contributed by atoms with Crippen molar-refractivity contribution >= 4 is 39.3 Å². The molecule has 1 aliphatic rings. The number of nitrogens with zero attached hydrogens (tertiary/aromatic N) is 2. The van der Waals surface area contributed by atoms with E-state index in [-0.39, 0.29) is 12.2 Å². The number of hydrogen-bond donors (Lipinski definition) is 0. The zero-order valence-electron chi connectivity index (χ0n) is 17.8. The fourth-order valence-electron chi connectivity index (χ4n) is 3.70. The van der Waals surface area contributed by atoms with Gasteiger partial charge in [0, 0.05) is 10.0 Å². The lowest BCUT2D eigenvalue weighted by Gasteiger charge is -2.24. The van der Waals surface area contributed by atoms with Crippen molar-refractivity contribution in [1.29, 1.82) is 0 Å². The maximum Gasteiger partial charge on any atom is 0.338 e. The van der Waals surface area contributed by atoms with Crippen molar-refractivity contribution in [3.8, 4) is 5.75 Å². The van der Waals surface area contributed by atoms with Crippen LogP contribution in [0.25, 0.3) is 6.08 Å². The van der Waals surface area contributed by atoms with Gasteiger partial charge >= 0.3 is 5.97 Å². The van der Waals surface area contributed by atoms with E-state index in [0.717, 1.165) is 15.6 Å². The second kappa shape index (κ2) is 9.26. The highest BCUT2D eigenvalue weighted by Gasteiger charge is 2.33. The predicted molar refractivity (Wildman–Crippen MR) is 128 cm³/mol. The molecule has 1 atom stereocenters. The third-order valence-electron chi connectivity index (χ3n) is 5.11. The minimum absolute atomic E-state index is 0.223. The molecule has 0 bridgehead atoms. The number of carbonyl (C=O) groups excluding carboxylic acids is 1. The van der Waals surface area contributed by atoms with Crippen LogP contribution in [-0.4, -0.2) is 24.3 Å². The van der Waals surface area contributed by atoms with Gasteiger partial charge in [0.1, 0.15) is 5.75 Å². The van der Waals surface area contributed by atoms with Crippen molar-refractivity contribution in [3.63, 3.8) is 0 Å². The molecule has 0 unspecified atom stereocenters. The molecule has 2 aromatic carbocycles. The fourth-order valence-corrected chi connectivity index (χ4v) is 5.12. The quantitative estimate of drug-likeness (QED) is 0.490. The number of halogens is 1. The molecule has 0 aliphatic carbocycles. The van der Waals surface area contributed by atoms with Crippen molar-refractivity contribution in [2.24, 2.45) is 4.99 Å². The number of hydrogen-bond acceptors (Lipinski definition) is 6. The first-order valence-corrected chi connectivity index (χ1v) is 11.6. The summed E-state index contributed by atoms with van der Waals surface area (Å²) in [7, 11) is 1.59. The molecule has 164 valence electrons. The summed E-state index contributed by atoms with van der Waals surface area (Å²) in [5.41, 5.74) is 2.28. The van der Waals surface area contributed by atoms with Gasteiger partial charge in [0.25, 0.3) is 5.56 Å². The van der Waals surface area contributed by atoms with Gasteiger partial charge in [0.15, 0.2) is 4.80 Å². The number of carbonyl (C=O) groups is 1. The number of esters is 1. The summed E-state index contributed by atoms with van der Waals surface area (Å²) >= 11 is 4.75. The van der Waals surface area contributed by atoms with Crippen LogP contribution in [-0.2, 0) is 9.53 Å². The largest absolute Gasteiger partial charge is 0.496 e. The van der Waals surface area contributed by atoms with Crippen LogP contribution in [0.4, 0.5) is 0 Å². The van der Waals surface area contributed by atoms with Crippen LogP contribution in [0.15, 0.2) is 74.1 Å². The van der Waals surface area contributed by atoms with Crippen LogP contribution in [0.1, 0.15) is 31.0 Å². The van der Waals surface area contributed by atoms with Crippen LogP contribution in [0.3, 0.4) is 0 Å². The molecular weight excluding hydrogens is 492 g/mol. The Labute approximate surface area is 197 Å². The summed E-state index contributed by atoms with van der Waals surface area (Å²) in [6, 6.07) is 14.5. The molecule has 32 heavy (non-hydrogen) atoms. The van der Waals surface area contributed by atoms with Gasteiger partial charge in [-0.2, -0.15) is 0 Å². The summed E-state index contributed by atoms with van der Waals surface area (Å²) in [5, 5.41) is 0. The standard InChI is InChI=1S/C24H21BrN2O4S/c1-4-31-23(29)20-14(2)26-24-27(21(20)15-8-6-5-7-9-15)22(28)19(32-24)13-16-12-17(25)10-11-18(16)30-3/h5-13,21H,4H2,1-3H3/b19-13+/t21-/m1/s1. The van der Waals surface area contributed by atoms with E-state index in [1.807, 2.05) is 48.5 Å². The van der Waals surface area contributed by atoms with E-state index >= 15 is 0 Å². The van der Waals surface area contributed by atoms with Crippen LogP contribution in [0.2, 0.25) is 0 Å². The number of aromatic nitrogens is 1. The first-order valence-electron chi connectivity index (χ1n) is 10.0. The van der Waals surface area contributed by atoms with Gasteiger partial charge in [-0.1, -0.05) is 57.6 Å². The van der Waals surface area contributed by atoms with Crippen LogP contribution in [0.5, 0.6) is 5.75 Å². The zero-order chi connectivity index (χ0) is 22.8.